The Kier molecular flexibility index (Phi) is 5.94. The third kappa shape index (κ3) is 4.69. The maximum absolute atomic E-state index is 12.2. The van der Waals surface area contributed by atoms with Crippen molar-refractivity contribution in [3.05, 3.63) is 53.3 Å². The number of hydrogen-bond donors (Lipinski definition) is 2. The molecule has 0 aliphatic carbocycles. The molecule has 0 aliphatic heterocycles. The number of urea groups is 1. The highest BCUT2D eigenvalue weighted by molar-refractivity contribution is 5.97. The van der Waals surface area contributed by atoms with E-state index in [4.69, 9.17) is 4.74 Å². The number of anilines is 1. The number of esters is 1. The normalized spacial score (nSPS) is 10.2. The van der Waals surface area contributed by atoms with Gasteiger partial charge in [0.2, 0.25) is 0 Å². The van der Waals surface area contributed by atoms with E-state index < -0.39 is 12.0 Å². The number of rotatable bonds is 6. The SMILES string of the molecule is CCOC(=O)Cc1cc(C(C)=O)c(C)n1NC(=O)Nc1ccccc1. The topological polar surface area (TPSA) is 89.4 Å². The molecule has 0 spiro atoms. The minimum atomic E-state index is -0.481. The average Bonchev–Trinajstić information content (AvgIpc) is 2.85. The molecule has 2 rings (SSSR count). The van der Waals surface area contributed by atoms with Gasteiger partial charge >= 0.3 is 12.0 Å². The van der Waals surface area contributed by atoms with Crippen LogP contribution < -0.4 is 10.7 Å². The van der Waals surface area contributed by atoms with Gasteiger partial charge in [0.25, 0.3) is 0 Å². The van der Waals surface area contributed by atoms with Crippen LogP contribution in [0, 0.1) is 6.92 Å². The van der Waals surface area contributed by atoms with Gasteiger partial charge in [-0.15, -0.1) is 0 Å². The van der Waals surface area contributed by atoms with Crippen LogP contribution >= 0.6 is 0 Å². The third-order valence-corrected chi connectivity index (χ3v) is 3.58. The minimum Gasteiger partial charge on any atom is -0.466 e. The van der Waals surface area contributed by atoms with Crippen molar-refractivity contribution in [1.29, 1.82) is 0 Å². The number of carbonyl (C=O) groups is 3. The number of para-hydroxylation sites is 1. The summed E-state index contributed by atoms with van der Waals surface area (Å²) in [7, 11) is 0. The molecule has 0 fully saturated rings. The van der Waals surface area contributed by atoms with E-state index in [0.717, 1.165) is 0 Å². The summed E-state index contributed by atoms with van der Waals surface area (Å²) in [6.07, 6.45) is -0.0480. The molecule has 0 saturated heterocycles. The number of nitrogens with one attached hydrogen (secondary N) is 2. The van der Waals surface area contributed by atoms with E-state index in [0.29, 0.717) is 22.6 Å². The molecule has 0 aliphatic rings. The molecule has 25 heavy (non-hydrogen) atoms. The first kappa shape index (κ1) is 18.3. The molecule has 1 heterocycles. The van der Waals surface area contributed by atoms with E-state index in [1.165, 1.54) is 11.6 Å². The van der Waals surface area contributed by atoms with Crippen molar-refractivity contribution in [2.75, 3.05) is 17.3 Å². The van der Waals surface area contributed by atoms with Crippen molar-refractivity contribution in [1.82, 2.24) is 4.68 Å². The fourth-order valence-corrected chi connectivity index (χ4v) is 2.46. The summed E-state index contributed by atoms with van der Waals surface area (Å²) in [5, 5.41) is 2.69. The lowest BCUT2D eigenvalue weighted by atomic mass is 10.2. The van der Waals surface area contributed by atoms with Crippen LogP contribution in [0.3, 0.4) is 0 Å². The zero-order valence-electron chi connectivity index (χ0n) is 14.5. The van der Waals surface area contributed by atoms with Gasteiger partial charge in [-0.05, 0) is 39.0 Å². The largest absolute Gasteiger partial charge is 0.466 e. The number of ether oxygens (including phenoxy) is 1. The quantitative estimate of drug-likeness (QED) is 0.623. The van der Waals surface area contributed by atoms with Gasteiger partial charge in [-0.3, -0.25) is 14.3 Å². The number of amides is 2. The molecule has 1 aromatic carbocycles. The number of Topliss-reactive ketones (excluding diaryl/α,β-unsaturated/α-hetero) is 1. The smallest absolute Gasteiger partial charge is 0.338 e. The summed E-state index contributed by atoms with van der Waals surface area (Å²) in [4.78, 5) is 35.8. The Labute approximate surface area is 145 Å². The van der Waals surface area contributed by atoms with E-state index in [1.54, 1.807) is 44.2 Å². The molecule has 2 aromatic rings. The standard InChI is InChI=1S/C18H21N3O4/c1-4-25-17(23)11-15-10-16(13(3)22)12(2)21(15)20-18(24)19-14-8-6-5-7-9-14/h5-10H,4,11H2,1-3H3,(H2,19,20,24). The molecule has 0 atom stereocenters. The van der Waals surface area contributed by atoms with Crippen LogP contribution in [-0.2, 0) is 16.0 Å². The first-order valence-corrected chi connectivity index (χ1v) is 7.93. The first-order chi connectivity index (χ1) is 11.9. The van der Waals surface area contributed by atoms with Crippen LogP contribution in [0.4, 0.5) is 10.5 Å². The van der Waals surface area contributed by atoms with Crippen molar-refractivity contribution in [2.45, 2.75) is 27.2 Å². The Balaban J connectivity index is 2.23. The van der Waals surface area contributed by atoms with Crippen molar-refractivity contribution in [2.24, 2.45) is 0 Å². The van der Waals surface area contributed by atoms with E-state index in [-0.39, 0.29) is 18.8 Å². The molecule has 7 heteroatoms. The summed E-state index contributed by atoms with van der Waals surface area (Å²) in [5.74, 6) is -0.576. The van der Waals surface area contributed by atoms with Gasteiger partial charge in [0, 0.05) is 16.9 Å². The van der Waals surface area contributed by atoms with E-state index >= 15 is 0 Å². The van der Waals surface area contributed by atoms with Gasteiger partial charge in [0.15, 0.2) is 5.78 Å². The zero-order chi connectivity index (χ0) is 18.4. The summed E-state index contributed by atoms with van der Waals surface area (Å²) in [5.41, 5.74) is 4.76. The van der Waals surface area contributed by atoms with Crippen LogP contribution in [0.5, 0.6) is 0 Å². The first-order valence-electron chi connectivity index (χ1n) is 7.93. The highest BCUT2D eigenvalue weighted by atomic mass is 16.5. The van der Waals surface area contributed by atoms with Crippen LogP contribution in [-0.4, -0.2) is 29.1 Å². The number of carbonyl (C=O) groups excluding carboxylic acids is 3. The molecular formula is C18H21N3O4. The third-order valence-electron chi connectivity index (χ3n) is 3.58. The molecule has 132 valence electrons. The van der Waals surface area contributed by atoms with Gasteiger partial charge in [-0.25, -0.2) is 10.2 Å². The fourth-order valence-electron chi connectivity index (χ4n) is 2.46. The molecule has 0 bridgehead atoms. The van der Waals surface area contributed by atoms with Crippen molar-refractivity contribution in [3.63, 3.8) is 0 Å². The molecule has 7 nitrogen and oxygen atoms in total. The second-order valence-electron chi connectivity index (χ2n) is 5.44. The van der Waals surface area contributed by atoms with Crippen molar-refractivity contribution in [3.8, 4) is 0 Å². The Hall–Kier alpha value is -3.09. The van der Waals surface area contributed by atoms with Gasteiger partial charge < -0.3 is 10.1 Å². The van der Waals surface area contributed by atoms with E-state index in [9.17, 15) is 14.4 Å². The number of ketones is 1. The summed E-state index contributed by atoms with van der Waals surface area (Å²) < 4.78 is 6.38. The molecule has 1 aromatic heterocycles. The van der Waals surface area contributed by atoms with Crippen LogP contribution in [0.2, 0.25) is 0 Å². The highest BCUT2D eigenvalue weighted by Gasteiger charge is 2.19. The molecular weight excluding hydrogens is 322 g/mol. The monoisotopic (exact) mass is 343 g/mol. The van der Waals surface area contributed by atoms with Gasteiger partial charge in [0.1, 0.15) is 0 Å². The predicted octanol–water partition coefficient (Wildman–Crippen LogP) is 2.88. The van der Waals surface area contributed by atoms with E-state index in [1.807, 2.05) is 6.07 Å². The minimum absolute atomic E-state index is 0.0480. The Bertz CT molecular complexity index is 781. The summed E-state index contributed by atoms with van der Waals surface area (Å²) >= 11 is 0. The van der Waals surface area contributed by atoms with Crippen molar-refractivity contribution >= 4 is 23.5 Å². The molecule has 2 N–H and O–H groups in total. The molecule has 2 amide bonds. The highest BCUT2D eigenvalue weighted by Crippen LogP contribution is 2.16. The van der Waals surface area contributed by atoms with Crippen LogP contribution in [0.15, 0.2) is 36.4 Å². The van der Waals surface area contributed by atoms with Gasteiger partial charge in [-0.1, -0.05) is 18.2 Å². The number of nitrogens with zero attached hydrogens (tertiary/aromatic N) is 1. The number of aromatic nitrogens is 1. The van der Waals surface area contributed by atoms with Gasteiger partial charge in [0.05, 0.1) is 18.7 Å². The van der Waals surface area contributed by atoms with Crippen LogP contribution in [0.1, 0.15) is 35.6 Å². The summed E-state index contributed by atoms with van der Waals surface area (Å²) in [6.45, 7) is 5.12. The lowest BCUT2D eigenvalue weighted by Gasteiger charge is -2.14. The maximum atomic E-state index is 12.2. The van der Waals surface area contributed by atoms with Crippen LogP contribution in [0.25, 0.3) is 0 Å². The lowest BCUT2D eigenvalue weighted by Crippen LogP contribution is -2.30. The maximum Gasteiger partial charge on any atom is 0.338 e. The average molecular weight is 343 g/mol. The second kappa shape index (κ2) is 8.14. The van der Waals surface area contributed by atoms with E-state index in [2.05, 4.69) is 10.7 Å². The van der Waals surface area contributed by atoms with Gasteiger partial charge in [-0.2, -0.15) is 0 Å². The van der Waals surface area contributed by atoms with Crippen molar-refractivity contribution < 1.29 is 19.1 Å². The Morgan fingerprint density at radius 3 is 2.44 bits per heavy atom. The summed E-state index contributed by atoms with van der Waals surface area (Å²) in [6, 6.07) is 10.1. The molecule has 0 saturated carbocycles. The Morgan fingerprint density at radius 2 is 1.84 bits per heavy atom. The fraction of sp³-hybridized carbons (Fsp3) is 0.278. The number of hydrogen-bond acceptors (Lipinski definition) is 4. The number of benzene rings is 1. The Morgan fingerprint density at radius 1 is 1.16 bits per heavy atom. The molecule has 0 radical (unpaired) electrons. The lowest BCUT2D eigenvalue weighted by molar-refractivity contribution is -0.142. The molecule has 0 unspecified atom stereocenters. The second-order valence-corrected chi connectivity index (χ2v) is 5.44. The predicted molar refractivity (Wildman–Crippen MR) is 94.3 cm³/mol. The zero-order valence-corrected chi connectivity index (χ0v) is 14.5.